The largest absolute Gasteiger partial charge is 0.489 e. The molecule has 3 aromatic rings. The highest BCUT2D eigenvalue weighted by Gasteiger charge is 2.34. The van der Waals surface area contributed by atoms with E-state index < -0.39 is 0 Å². The molecule has 31 heavy (non-hydrogen) atoms. The summed E-state index contributed by atoms with van der Waals surface area (Å²) in [6.45, 7) is 4.26. The molecule has 1 aromatic heterocycles. The molecule has 0 unspecified atom stereocenters. The van der Waals surface area contributed by atoms with Crippen molar-refractivity contribution >= 4 is 17.4 Å². The van der Waals surface area contributed by atoms with E-state index in [0.717, 1.165) is 49.0 Å². The third-order valence-corrected chi connectivity index (χ3v) is 5.99. The van der Waals surface area contributed by atoms with Crippen molar-refractivity contribution in [1.82, 2.24) is 9.88 Å². The first-order valence-corrected chi connectivity index (χ1v) is 10.8. The molecule has 5 rings (SSSR count). The zero-order valence-electron chi connectivity index (χ0n) is 17.4. The average Bonchev–Trinajstić information content (AvgIpc) is 2.85. The van der Waals surface area contributed by atoms with Gasteiger partial charge < -0.3 is 9.64 Å². The smallest absolute Gasteiger partial charge is 0.241 e. The molecule has 1 atom stereocenters. The first-order valence-electron chi connectivity index (χ1n) is 10.8. The number of pyridine rings is 1. The third-order valence-electron chi connectivity index (χ3n) is 5.99. The predicted octanol–water partition coefficient (Wildman–Crippen LogP) is 3.37. The minimum Gasteiger partial charge on any atom is -0.489 e. The maximum Gasteiger partial charge on any atom is 0.241 e. The van der Waals surface area contributed by atoms with Crippen LogP contribution in [0.15, 0.2) is 79.0 Å². The number of ether oxygens (including phenoxy) is 1. The molecule has 1 fully saturated rings. The average molecular weight is 415 g/mol. The van der Waals surface area contributed by atoms with Gasteiger partial charge in [0.2, 0.25) is 5.91 Å². The van der Waals surface area contributed by atoms with Crippen LogP contribution in [-0.2, 0) is 4.79 Å². The van der Waals surface area contributed by atoms with E-state index in [1.54, 1.807) is 0 Å². The number of amides is 1. The summed E-state index contributed by atoms with van der Waals surface area (Å²) >= 11 is 0. The normalized spacial score (nSPS) is 18.9. The number of carbonyl (C=O) groups excluding carboxylic acids is 1. The van der Waals surface area contributed by atoms with E-state index >= 15 is 0 Å². The maximum atomic E-state index is 13.6. The van der Waals surface area contributed by atoms with Crippen molar-refractivity contribution in [1.29, 1.82) is 0 Å². The number of rotatable bonds is 4. The van der Waals surface area contributed by atoms with Crippen LogP contribution in [-0.4, -0.2) is 55.1 Å². The van der Waals surface area contributed by atoms with E-state index in [1.807, 2.05) is 71.8 Å². The summed E-state index contributed by atoms with van der Waals surface area (Å²) in [5, 5.41) is 0. The van der Waals surface area contributed by atoms with Crippen molar-refractivity contribution < 1.29 is 9.53 Å². The number of piperazine rings is 1. The fraction of sp³-hybridized carbons (Fsp3) is 0.280. The Balaban J connectivity index is 1.32. The van der Waals surface area contributed by atoms with Crippen molar-refractivity contribution in [3.05, 3.63) is 84.6 Å². The fourth-order valence-electron chi connectivity index (χ4n) is 4.36. The SMILES string of the molecule is O=C(CN1CCN(c2ccccn2)CC1)N1c2ccccc2OC[C@H]1c1ccccc1. The Hall–Kier alpha value is -3.38. The highest BCUT2D eigenvalue weighted by atomic mass is 16.5. The van der Waals surface area contributed by atoms with Crippen LogP contribution in [0.4, 0.5) is 11.5 Å². The van der Waals surface area contributed by atoms with Gasteiger partial charge in [-0.05, 0) is 29.8 Å². The van der Waals surface area contributed by atoms with E-state index in [9.17, 15) is 4.79 Å². The van der Waals surface area contributed by atoms with Gasteiger partial charge in [-0.2, -0.15) is 0 Å². The van der Waals surface area contributed by atoms with Crippen LogP contribution < -0.4 is 14.5 Å². The van der Waals surface area contributed by atoms with Crippen molar-refractivity contribution in [3.8, 4) is 5.75 Å². The van der Waals surface area contributed by atoms with Crippen molar-refractivity contribution in [2.45, 2.75) is 6.04 Å². The minimum absolute atomic E-state index is 0.107. The number of fused-ring (bicyclic) bond motifs is 1. The van der Waals surface area contributed by atoms with E-state index in [2.05, 4.69) is 26.9 Å². The van der Waals surface area contributed by atoms with Gasteiger partial charge in [-0.15, -0.1) is 0 Å². The molecule has 2 aliphatic heterocycles. The quantitative estimate of drug-likeness (QED) is 0.655. The topological polar surface area (TPSA) is 48.9 Å². The second-order valence-corrected chi connectivity index (χ2v) is 7.92. The molecule has 158 valence electrons. The predicted molar refractivity (Wildman–Crippen MR) is 121 cm³/mol. The third kappa shape index (κ3) is 4.11. The number of carbonyl (C=O) groups is 1. The Bertz CT molecular complexity index is 1020. The first kappa shape index (κ1) is 19.6. The fourth-order valence-corrected chi connectivity index (χ4v) is 4.36. The lowest BCUT2D eigenvalue weighted by atomic mass is 10.0. The van der Waals surface area contributed by atoms with Gasteiger partial charge in [-0.3, -0.25) is 14.6 Å². The van der Waals surface area contributed by atoms with Crippen LogP contribution in [0.1, 0.15) is 11.6 Å². The maximum absolute atomic E-state index is 13.6. The number of benzene rings is 2. The first-order chi connectivity index (χ1) is 15.3. The number of aromatic nitrogens is 1. The molecule has 0 radical (unpaired) electrons. The summed E-state index contributed by atoms with van der Waals surface area (Å²) in [4.78, 5) is 24.5. The van der Waals surface area contributed by atoms with Gasteiger partial charge in [0.15, 0.2) is 0 Å². The lowest BCUT2D eigenvalue weighted by molar-refractivity contribution is -0.120. The molecule has 0 saturated carbocycles. The van der Waals surface area contributed by atoms with Crippen LogP contribution in [0.2, 0.25) is 0 Å². The molecular formula is C25H26N4O2. The number of anilines is 2. The molecule has 6 nitrogen and oxygen atoms in total. The molecular weight excluding hydrogens is 388 g/mol. The molecule has 0 bridgehead atoms. The van der Waals surface area contributed by atoms with Gasteiger partial charge in [0.1, 0.15) is 18.2 Å². The second-order valence-electron chi connectivity index (χ2n) is 7.92. The van der Waals surface area contributed by atoms with Crippen molar-refractivity contribution in [2.24, 2.45) is 0 Å². The number of nitrogens with zero attached hydrogens (tertiary/aromatic N) is 4. The standard InChI is InChI=1S/C25H26N4O2/c30-25(18-27-14-16-28(17-15-27)24-12-6-7-13-26-24)29-21-10-4-5-11-23(21)31-19-22(29)20-8-2-1-3-9-20/h1-13,22H,14-19H2/t22-/m0/s1. The number of hydrogen-bond donors (Lipinski definition) is 0. The highest BCUT2D eigenvalue weighted by Crippen LogP contribution is 2.39. The van der Waals surface area contributed by atoms with Gasteiger partial charge in [-0.1, -0.05) is 48.5 Å². The molecule has 6 heteroatoms. The summed E-state index contributed by atoms with van der Waals surface area (Å²) in [7, 11) is 0. The Morgan fingerprint density at radius 3 is 2.42 bits per heavy atom. The molecule has 0 aliphatic carbocycles. The lowest BCUT2D eigenvalue weighted by Crippen LogP contribution is -2.51. The van der Waals surface area contributed by atoms with Crippen LogP contribution in [0.3, 0.4) is 0 Å². The van der Waals surface area contributed by atoms with Gasteiger partial charge in [-0.25, -0.2) is 4.98 Å². The Morgan fingerprint density at radius 1 is 0.903 bits per heavy atom. The summed E-state index contributed by atoms with van der Waals surface area (Å²) in [6, 6.07) is 23.8. The Kier molecular flexibility index (Phi) is 5.54. The summed E-state index contributed by atoms with van der Waals surface area (Å²) in [6.07, 6.45) is 1.82. The minimum atomic E-state index is -0.126. The zero-order chi connectivity index (χ0) is 21.0. The molecule has 1 amide bonds. The highest BCUT2D eigenvalue weighted by molar-refractivity contribution is 5.97. The molecule has 0 N–H and O–H groups in total. The Morgan fingerprint density at radius 2 is 1.65 bits per heavy atom. The van der Waals surface area contributed by atoms with E-state index in [-0.39, 0.29) is 11.9 Å². The second kappa shape index (κ2) is 8.78. The monoisotopic (exact) mass is 414 g/mol. The number of hydrogen-bond acceptors (Lipinski definition) is 5. The summed E-state index contributed by atoms with van der Waals surface area (Å²) in [5.74, 6) is 1.87. The Labute approximate surface area is 182 Å². The molecule has 0 spiro atoms. The van der Waals surface area contributed by atoms with Gasteiger partial charge in [0.05, 0.1) is 18.3 Å². The summed E-state index contributed by atoms with van der Waals surface area (Å²) in [5.41, 5.74) is 1.94. The van der Waals surface area contributed by atoms with Gasteiger partial charge >= 0.3 is 0 Å². The van der Waals surface area contributed by atoms with Crippen LogP contribution in [0.5, 0.6) is 5.75 Å². The number of para-hydroxylation sites is 2. The van der Waals surface area contributed by atoms with Gasteiger partial charge in [0.25, 0.3) is 0 Å². The van der Waals surface area contributed by atoms with Crippen LogP contribution in [0, 0.1) is 0 Å². The van der Waals surface area contributed by atoms with E-state index in [4.69, 9.17) is 4.74 Å². The van der Waals surface area contributed by atoms with Crippen molar-refractivity contribution in [2.75, 3.05) is 49.1 Å². The van der Waals surface area contributed by atoms with Crippen LogP contribution >= 0.6 is 0 Å². The van der Waals surface area contributed by atoms with E-state index in [1.165, 1.54) is 0 Å². The molecule has 3 heterocycles. The van der Waals surface area contributed by atoms with Gasteiger partial charge in [0, 0.05) is 32.4 Å². The summed E-state index contributed by atoms with van der Waals surface area (Å²) < 4.78 is 6.00. The zero-order valence-corrected chi connectivity index (χ0v) is 17.4. The van der Waals surface area contributed by atoms with Crippen LogP contribution in [0.25, 0.3) is 0 Å². The van der Waals surface area contributed by atoms with Crippen molar-refractivity contribution in [3.63, 3.8) is 0 Å². The molecule has 1 saturated heterocycles. The lowest BCUT2D eigenvalue weighted by Gasteiger charge is -2.40. The van der Waals surface area contributed by atoms with E-state index in [0.29, 0.717) is 13.2 Å². The molecule has 2 aliphatic rings. The molecule has 2 aromatic carbocycles.